The number of hydrogen-bond donors (Lipinski definition) is 2. The Labute approximate surface area is 122 Å². The van der Waals surface area contributed by atoms with Crippen LogP contribution < -0.4 is 16.0 Å². The Kier molecular flexibility index (Phi) is 4.60. The van der Waals surface area contributed by atoms with Crippen LogP contribution in [0.15, 0.2) is 36.4 Å². The van der Waals surface area contributed by atoms with Gasteiger partial charge in [0.1, 0.15) is 11.6 Å². The van der Waals surface area contributed by atoms with E-state index in [2.05, 4.69) is 5.43 Å². The van der Waals surface area contributed by atoms with Crippen LogP contribution in [0.25, 0.3) is 0 Å². The summed E-state index contributed by atoms with van der Waals surface area (Å²) < 4.78 is 18.6. The van der Waals surface area contributed by atoms with Crippen LogP contribution in [0.3, 0.4) is 0 Å². The molecule has 1 unspecified atom stereocenters. The lowest BCUT2D eigenvalue weighted by Crippen LogP contribution is -2.29. The summed E-state index contributed by atoms with van der Waals surface area (Å²) in [4.78, 5) is 0. The monoisotopic (exact) mass is 294 g/mol. The molecule has 2 rings (SSSR count). The van der Waals surface area contributed by atoms with Crippen molar-refractivity contribution in [1.82, 2.24) is 5.43 Å². The Morgan fingerprint density at radius 1 is 1.20 bits per heavy atom. The van der Waals surface area contributed by atoms with Crippen molar-refractivity contribution in [2.45, 2.75) is 13.0 Å². The fourth-order valence-corrected chi connectivity index (χ4v) is 2.42. The van der Waals surface area contributed by atoms with Gasteiger partial charge in [-0.05, 0) is 48.4 Å². The summed E-state index contributed by atoms with van der Waals surface area (Å²) in [6.45, 7) is 1.83. The fourth-order valence-electron chi connectivity index (χ4n) is 2.24. The standard InChI is InChI=1S/C15H16ClFN2O/c1-9-7-11(17)4-5-12(9)15(19-18)13-8-10(16)3-6-14(13)20-2/h3-8,15,19H,18H2,1-2H3. The van der Waals surface area contributed by atoms with Gasteiger partial charge in [-0.25, -0.2) is 9.82 Å². The zero-order valence-electron chi connectivity index (χ0n) is 11.3. The SMILES string of the molecule is COc1ccc(Cl)cc1C(NN)c1ccc(F)cc1C. The molecule has 2 aromatic carbocycles. The second-order valence-corrected chi connectivity index (χ2v) is 4.92. The van der Waals surface area contributed by atoms with Gasteiger partial charge in [0.05, 0.1) is 13.2 Å². The van der Waals surface area contributed by atoms with Gasteiger partial charge in [0.2, 0.25) is 0 Å². The van der Waals surface area contributed by atoms with Crippen LogP contribution in [0.4, 0.5) is 4.39 Å². The quantitative estimate of drug-likeness (QED) is 0.671. The maximum Gasteiger partial charge on any atom is 0.124 e. The molecule has 0 amide bonds. The minimum atomic E-state index is -0.329. The van der Waals surface area contributed by atoms with Crippen molar-refractivity contribution in [3.05, 3.63) is 63.9 Å². The summed E-state index contributed by atoms with van der Waals surface area (Å²) in [5.74, 6) is 6.06. The van der Waals surface area contributed by atoms with Gasteiger partial charge in [0.25, 0.3) is 0 Å². The second kappa shape index (κ2) is 6.22. The predicted molar refractivity (Wildman–Crippen MR) is 78.3 cm³/mol. The molecule has 0 bridgehead atoms. The van der Waals surface area contributed by atoms with Gasteiger partial charge in [-0.1, -0.05) is 17.7 Å². The van der Waals surface area contributed by atoms with Gasteiger partial charge in [-0.2, -0.15) is 0 Å². The van der Waals surface area contributed by atoms with Gasteiger partial charge >= 0.3 is 0 Å². The molecule has 0 radical (unpaired) electrons. The van der Waals surface area contributed by atoms with Crippen molar-refractivity contribution in [2.24, 2.45) is 5.84 Å². The minimum Gasteiger partial charge on any atom is -0.496 e. The number of nitrogens with one attached hydrogen (secondary N) is 1. The largest absolute Gasteiger partial charge is 0.496 e. The molecule has 20 heavy (non-hydrogen) atoms. The summed E-state index contributed by atoms with van der Waals surface area (Å²) in [5, 5.41) is 0.584. The number of ether oxygens (including phenoxy) is 1. The van der Waals surface area contributed by atoms with E-state index >= 15 is 0 Å². The lowest BCUT2D eigenvalue weighted by molar-refractivity contribution is 0.404. The molecule has 3 nitrogen and oxygen atoms in total. The highest BCUT2D eigenvalue weighted by Crippen LogP contribution is 2.33. The molecule has 0 aliphatic heterocycles. The van der Waals surface area contributed by atoms with Crippen LogP contribution in [0.5, 0.6) is 5.75 Å². The first-order chi connectivity index (χ1) is 9.56. The molecule has 0 saturated heterocycles. The Morgan fingerprint density at radius 2 is 1.95 bits per heavy atom. The van der Waals surface area contributed by atoms with Crippen LogP contribution in [-0.4, -0.2) is 7.11 Å². The predicted octanol–water partition coefficient (Wildman–Crippen LogP) is 3.35. The van der Waals surface area contributed by atoms with E-state index in [4.69, 9.17) is 22.2 Å². The Morgan fingerprint density at radius 3 is 2.55 bits per heavy atom. The summed E-state index contributed by atoms with van der Waals surface area (Å²) in [6.07, 6.45) is 0. The zero-order valence-corrected chi connectivity index (χ0v) is 12.0. The molecule has 3 N–H and O–H groups in total. The molecule has 0 aliphatic rings. The van der Waals surface area contributed by atoms with E-state index in [9.17, 15) is 4.39 Å². The number of benzene rings is 2. The van der Waals surface area contributed by atoms with Gasteiger partial charge in [-0.3, -0.25) is 5.84 Å². The fraction of sp³-hybridized carbons (Fsp3) is 0.200. The van der Waals surface area contributed by atoms with Crippen LogP contribution in [0.2, 0.25) is 5.02 Å². The third-order valence-corrected chi connectivity index (χ3v) is 3.45. The first-order valence-corrected chi connectivity index (χ1v) is 6.50. The molecular formula is C15H16ClFN2O. The average Bonchev–Trinajstić information content (AvgIpc) is 2.42. The molecule has 5 heteroatoms. The molecule has 0 fully saturated rings. The van der Waals surface area contributed by atoms with E-state index in [0.29, 0.717) is 10.8 Å². The van der Waals surface area contributed by atoms with Crippen LogP contribution >= 0.6 is 11.6 Å². The normalized spacial score (nSPS) is 12.2. The molecule has 0 heterocycles. The van der Waals surface area contributed by atoms with Gasteiger partial charge in [0.15, 0.2) is 0 Å². The highest BCUT2D eigenvalue weighted by atomic mass is 35.5. The van der Waals surface area contributed by atoms with Crippen molar-refractivity contribution in [3.63, 3.8) is 0 Å². The molecule has 2 aromatic rings. The van der Waals surface area contributed by atoms with E-state index in [0.717, 1.165) is 16.7 Å². The molecule has 0 aliphatic carbocycles. The van der Waals surface area contributed by atoms with Crippen molar-refractivity contribution in [1.29, 1.82) is 0 Å². The van der Waals surface area contributed by atoms with E-state index in [1.54, 1.807) is 31.4 Å². The zero-order chi connectivity index (χ0) is 14.7. The maximum absolute atomic E-state index is 13.2. The van der Waals surface area contributed by atoms with Gasteiger partial charge in [-0.15, -0.1) is 0 Å². The number of hydrogen-bond acceptors (Lipinski definition) is 3. The summed E-state index contributed by atoms with van der Waals surface area (Å²) in [6, 6.07) is 9.56. The number of methoxy groups -OCH3 is 1. The summed E-state index contributed by atoms with van der Waals surface area (Å²) in [5.41, 5.74) is 5.21. The Bertz CT molecular complexity index is 619. The smallest absolute Gasteiger partial charge is 0.124 e. The third kappa shape index (κ3) is 2.93. The summed E-state index contributed by atoms with van der Waals surface area (Å²) >= 11 is 6.04. The van der Waals surface area contributed by atoms with E-state index < -0.39 is 0 Å². The molecule has 0 saturated carbocycles. The topological polar surface area (TPSA) is 47.3 Å². The highest BCUT2D eigenvalue weighted by Gasteiger charge is 2.19. The lowest BCUT2D eigenvalue weighted by atomic mass is 9.94. The van der Waals surface area contributed by atoms with Crippen molar-refractivity contribution in [2.75, 3.05) is 7.11 Å². The number of halogens is 2. The Hall–Kier alpha value is -1.62. The van der Waals surface area contributed by atoms with Crippen molar-refractivity contribution < 1.29 is 9.13 Å². The number of hydrazine groups is 1. The summed E-state index contributed by atoms with van der Waals surface area (Å²) in [7, 11) is 1.58. The Balaban J connectivity index is 2.54. The highest BCUT2D eigenvalue weighted by molar-refractivity contribution is 6.30. The molecule has 0 spiro atoms. The molecule has 1 atom stereocenters. The van der Waals surface area contributed by atoms with Crippen LogP contribution in [-0.2, 0) is 0 Å². The van der Waals surface area contributed by atoms with Crippen LogP contribution in [0, 0.1) is 12.7 Å². The maximum atomic E-state index is 13.2. The third-order valence-electron chi connectivity index (χ3n) is 3.21. The van der Waals surface area contributed by atoms with Crippen molar-refractivity contribution >= 4 is 11.6 Å². The molecule has 0 aromatic heterocycles. The van der Waals surface area contributed by atoms with E-state index in [1.807, 2.05) is 6.92 Å². The van der Waals surface area contributed by atoms with E-state index in [1.165, 1.54) is 12.1 Å². The molecule has 106 valence electrons. The first kappa shape index (κ1) is 14.8. The molecular weight excluding hydrogens is 279 g/mol. The minimum absolute atomic E-state index is 0.278. The lowest BCUT2D eigenvalue weighted by Gasteiger charge is -2.21. The van der Waals surface area contributed by atoms with Gasteiger partial charge in [0, 0.05) is 10.6 Å². The van der Waals surface area contributed by atoms with Crippen molar-refractivity contribution in [3.8, 4) is 5.75 Å². The number of aryl methyl sites for hydroxylation is 1. The number of rotatable bonds is 4. The van der Waals surface area contributed by atoms with E-state index in [-0.39, 0.29) is 11.9 Å². The van der Waals surface area contributed by atoms with Gasteiger partial charge < -0.3 is 4.74 Å². The van der Waals surface area contributed by atoms with Crippen LogP contribution in [0.1, 0.15) is 22.7 Å². The first-order valence-electron chi connectivity index (χ1n) is 6.12. The second-order valence-electron chi connectivity index (χ2n) is 4.49. The number of nitrogens with two attached hydrogens (primary N) is 1. The average molecular weight is 295 g/mol.